The van der Waals surface area contributed by atoms with E-state index in [1.807, 2.05) is 71.4 Å². The summed E-state index contributed by atoms with van der Waals surface area (Å²) >= 11 is 7.13. The summed E-state index contributed by atoms with van der Waals surface area (Å²) in [5.74, 6) is -0.478. The van der Waals surface area contributed by atoms with E-state index in [1.54, 1.807) is 24.3 Å². The zero-order valence-electron chi connectivity index (χ0n) is 19.2. The van der Waals surface area contributed by atoms with E-state index < -0.39 is 0 Å². The van der Waals surface area contributed by atoms with E-state index >= 15 is 0 Å². The molecule has 0 saturated carbocycles. The van der Waals surface area contributed by atoms with Crippen molar-refractivity contribution in [2.45, 2.75) is 19.6 Å². The van der Waals surface area contributed by atoms with E-state index in [9.17, 15) is 14.4 Å². The Bertz CT molecular complexity index is 1500. The number of carbonyl (C=O) groups is 3. The number of para-hydroxylation sites is 1. The van der Waals surface area contributed by atoms with Crippen LogP contribution in [0.4, 0.5) is 4.79 Å². The SMILES string of the molecule is O=C(Cn1cc(/C=C2\SC(=O)N(Cc3ccccc3Cl)C2=O)c2ccccc21)NCc1ccccc1. The lowest BCUT2D eigenvalue weighted by Gasteiger charge is -2.13. The van der Waals surface area contributed by atoms with Crippen molar-refractivity contribution in [2.75, 3.05) is 0 Å². The number of nitrogens with one attached hydrogen (secondary N) is 1. The lowest BCUT2D eigenvalue weighted by atomic mass is 10.1. The summed E-state index contributed by atoms with van der Waals surface area (Å²) in [5, 5.41) is 4.01. The monoisotopic (exact) mass is 515 g/mol. The van der Waals surface area contributed by atoms with Gasteiger partial charge in [-0.05, 0) is 41.1 Å². The van der Waals surface area contributed by atoms with Crippen LogP contribution in [0.3, 0.4) is 0 Å². The molecule has 36 heavy (non-hydrogen) atoms. The van der Waals surface area contributed by atoms with Crippen molar-refractivity contribution in [3.63, 3.8) is 0 Å². The molecule has 3 aromatic carbocycles. The fourth-order valence-electron chi connectivity index (χ4n) is 4.10. The van der Waals surface area contributed by atoms with Crippen LogP contribution in [0.25, 0.3) is 17.0 Å². The molecule has 8 heteroatoms. The highest BCUT2D eigenvalue weighted by Crippen LogP contribution is 2.35. The topological polar surface area (TPSA) is 71.4 Å². The number of benzene rings is 3. The first-order valence-corrected chi connectivity index (χ1v) is 12.6. The number of nitrogens with zero attached hydrogens (tertiary/aromatic N) is 2. The van der Waals surface area contributed by atoms with E-state index in [-0.39, 0.29) is 30.1 Å². The first-order chi connectivity index (χ1) is 17.5. The van der Waals surface area contributed by atoms with Crippen molar-refractivity contribution in [1.82, 2.24) is 14.8 Å². The summed E-state index contributed by atoms with van der Waals surface area (Å²) in [6, 6.07) is 24.6. The van der Waals surface area contributed by atoms with Gasteiger partial charge in [0.15, 0.2) is 0 Å². The minimum Gasteiger partial charge on any atom is -0.350 e. The predicted molar refractivity (Wildman–Crippen MR) is 143 cm³/mol. The average Bonchev–Trinajstić information content (AvgIpc) is 3.36. The van der Waals surface area contributed by atoms with Crippen molar-refractivity contribution in [3.8, 4) is 0 Å². The van der Waals surface area contributed by atoms with Gasteiger partial charge in [0, 0.05) is 34.2 Å². The number of carbonyl (C=O) groups excluding carboxylic acids is 3. The molecule has 0 unspecified atom stereocenters. The van der Waals surface area contributed by atoms with Crippen molar-refractivity contribution in [3.05, 3.63) is 112 Å². The molecule has 180 valence electrons. The van der Waals surface area contributed by atoms with Gasteiger partial charge in [0.25, 0.3) is 11.1 Å². The lowest BCUT2D eigenvalue weighted by Crippen LogP contribution is -2.27. The molecule has 0 bridgehead atoms. The standard InChI is InChI=1S/C28H22ClN3O3S/c29-23-12-6-4-10-20(23)17-32-27(34)25(36-28(32)35)14-21-16-31(24-13-7-5-11-22(21)24)18-26(33)30-15-19-8-2-1-3-9-19/h1-14,16H,15,17-18H2,(H,30,33)/b25-14-. The van der Waals surface area contributed by atoms with Crippen LogP contribution in [0.15, 0.2) is 90.0 Å². The van der Waals surface area contributed by atoms with Crippen LogP contribution in [0.5, 0.6) is 0 Å². The summed E-state index contributed by atoms with van der Waals surface area (Å²) in [6.07, 6.45) is 3.56. The molecule has 1 fully saturated rings. The number of imide groups is 1. The van der Waals surface area contributed by atoms with Gasteiger partial charge in [-0.15, -0.1) is 0 Å². The van der Waals surface area contributed by atoms with E-state index in [0.717, 1.165) is 33.8 Å². The number of thioether (sulfide) groups is 1. The Kier molecular flexibility index (Phi) is 6.93. The van der Waals surface area contributed by atoms with E-state index in [0.29, 0.717) is 22.0 Å². The molecular weight excluding hydrogens is 494 g/mol. The Hall–Kier alpha value is -3.81. The Morgan fingerprint density at radius 2 is 1.67 bits per heavy atom. The lowest BCUT2D eigenvalue weighted by molar-refractivity contribution is -0.123. The van der Waals surface area contributed by atoms with Crippen LogP contribution < -0.4 is 5.32 Å². The maximum atomic E-state index is 13.1. The Labute approximate surface area is 217 Å². The summed E-state index contributed by atoms with van der Waals surface area (Å²) in [7, 11) is 0. The number of aromatic nitrogens is 1. The third-order valence-electron chi connectivity index (χ3n) is 5.91. The van der Waals surface area contributed by atoms with Gasteiger partial charge in [-0.3, -0.25) is 19.3 Å². The smallest absolute Gasteiger partial charge is 0.293 e. The van der Waals surface area contributed by atoms with Gasteiger partial charge in [0.05, 0.1) is 11.4 Å². The van der Waals surface area contributed by atoms with Crippen LogP contribution in [-0.2, 0) is 29.2 Å². The molecular formula is C28H22ClN3O3S. The van der Waals surface area contributed by atoms with Crippen LogP contribution in [-0.4, -0.2) is 26.5 Å². The number of rotatable bonds is 7. The first kappa shape index (κ1) is 23.9. The summed E-state index contributed by atoms with van der Waals surface area (Å²) in [5.41, 5.74) is 3.37. The summed E-state index contributed by atoms with van der Waals surface area (Å²) in [6.45, 7) is 0.699. The molecule has 0 atom stereocenters. The number of hydrogen-bond acceptors (Lipinski definition) is 4. The van der Waals surface area contributed by atoms with Gasteiger partial charge in [-0.1, -0.05) is 78.3 Å². The quantitative estimate of drug-likeness (QED) is 0.313. The molecule has 5 rings (SSSR count). The second-order valence-electron chi connectivity index (χ2n) is 8.35. The van der Waals surface area contributed by atoms with Gasteiger partial charge in [0.2, 0.25) is 5.91 Å². The third-order valence-corrected chi connectivity index (χ3v) is 7.19. The zero-order valence-corrected chi connectivity index (χ0v) is 20.8. The molecule has 1 aliphatic heterocycles. The Balaban J connectivity index is 1.36. The largest absolute Gasteiger partial charge is 0.350 e. The van der Waals surface area contributed by atoms with Crippen molar-refractivity contribution < 1.29 is 14.4 Å². The van der Waals surface area contributed by atoms with Gasteiger partial charge < -0.3 is 9.88 Å². The summed E-state index contributed by atoms with van der Waals surface area (Å²) < 4.78 is 1.86. The second kappa shape index (κ2) is 10.4. The fourth-order valence-corrected chi connectivity index (χ4v) is 5.13. The highest BCUT2D eigenvalue weighted by Gasteiger charge is 2.35. The van der Waals surface area contributed by atoms with Gasteiger partial charge >= 0.3 is 0 Å². The van der Waals surface area contributed by atoms with Crippen LogP contribution in [0.1, 0.15) is 16.7 Å². The van der Waals surface area contributed by atoms with E-state index in [4.69, 9.17) is 11.6 Å². The highest BCUT2D eigenvalue weighted by molar-refractivity contribution is 8.18. The van der Waals surface area contributed by atoms with Gasteiger partial charge in [0.1, 0.15) is 6.54 Å². The molecule has 0 radical (unpaired) electrons. The average molecular weight is 516 g/mol. The number of hydrogen-bond donors (Lipinski definition) is 1. The molecule has 2 heterocycles. The van der Waals surface area contributed by atoms with E-state index in [1.165, 1.54) is 4.90 Å². The molecule has 1 aromatic heterocycles. The zero-order chi connectivity index (χ0) is 25.1. The molecule has 1 N–H and O–H groups in total. The predicted octanol–water partition coefficient (Wildman–Crippen LogP) is 5.85. The van der Waals surface area contributed by atoms with E-state index in [2.05, 4.69) is 5.32 Å². The van der Waals surface area contributed by atoms with Crippen LogP contribution >= 0.6 is 23.4 Å². The molecule has 3 amide bonds. The maximum absolute atomic E-state index is 13.1. The third kappa shape index (κ3) is 5.08. The highest BCUT2D eigenvalue weighted by atomic mass is 35.5. The van der Waals surface area contributed by atoms with Crippen LogP contribution in [0.2, 0.25) is 5.02 Å². The fraction of sp³-hybridized carbons (Fsp3) is 0.107. The van der Waals surface area contributed by atoms with Crippen molar-refractivity contribution >= 4 is 57.4 Å². The maximum Gasteiger partial charge on any atom is 0.293 e. The molecule has 0 aliphatic carbocycles. The van der Waals surface area contributed by atoms with Crippen molar-refractivity contribution in [2.24, 2.45) is 0 Å². The normalized spacial score (nSPS) is 14.7. The molecule has 6 nitrogen and oxygen atoms in total. The number of halogens is 1. The molecule has 1 aliphatic rings. The molecule has 0 spiro atoms. The Morgan fingerprint density at radius 3 is 2.47 bits per heavy atom. The first-order valence-electron chi connectivity index (χ1n) is 11.4. The summed E-state index contributed by atoms with van der Waals surface area (Å²) in [4.78, 5) is 39.9. The molecule has 1 saturated heterocycles. The number of fused-ring (bicyclic) bond motifs is 1. The van der Waals surface area contributed by atoms with Crippen LogP contribution in [0, 0.1) is 0 Å². The van der Waals surface area contributed by atoms with Gasteiger partial charge in [-0.25, -0.2) is 0 Å². The molecule has 4 aromatic rings. The number of amides is 3. The second-order valence-corrected chi connectivity index (χ2v) is 9.75. The minimum atomic E-state index is -0.359. The minimum absolute atomic E-state index is 0.116. The van der Waals surface area contributed by atoms with Gasteiger partial charge in [-0.2, -0.15) is 0 Å². The Morgan fingerprint density at radius 1 is 0.944 bits per heavy atom. The van der Waals surface area contributed by atoms with Crippen molar-refractivity contribution in [1.29, 1.82) is 0 Å².